The SMILES string of the molecule is CC1=CC(C2=CCCCC2)CC1. The van der Waals surface area contributed by atoms with Gasteiger partial charge in [-0.1, -0.05) is 23.3 Å². The van der Waals surface area contributed by atoms with E-state index in [1.807, 2.05) is 0 Å². The first-order chi connectivity index (χ1) is 5.86. The minimum Gasteiger partial charge on any atom is -0.0847 e. The van der Waals surface area contributed by atoms with Crippen molar-refractivity contribution in [3.63, 3.8) is 0 Å². The van der Waals surface area contributed by atoms with Crippen LogP contribution in [0.4, 0.5) is 0 Å². The van der Waals surface area contributed by atoms with Crippen LogP contribution in [0.15, 0.2) is 23.3 Å². The zero-order valence-electron chi connectivity index (χ0n) is 7.97. The minimum absolute atomic E-state index is 0.824. The summed E-state index contributed by atoms with van der Waals surface area (Å²) in [5, 5.41) is 0. The lowest BCUT2D eigenvalue weighted by atomic mass is 9.89. The van der Waals surface area contributed by atoms with E-state index >= 15 is 0 Å². The molecule has 0 N–H and O–H groups in total. The highest BCUT2D eigenvalue weighted by molar-refractivity contribution is 5.22. The Kier molecular flexibility index (Phi) is 2.34. The third kappa shape index (κ3) is 1.63. The first-order valence-corrected chi connectivity index (χ1v) is 5.22. The molecule has 2 aliphatic rings. The highest BCUT2D eigenvalue weighted by Crippen LogP contribution is 2.34. The molecule has 0 aromatic heterocycles. The van der Waals surface area contributed by atoms with E-state index in [0.29, 0.717) is 0 Å². The van der Waals surface area contributed by atoms with Crippen LogP contribution in [0.2, 0.25) is 0 Å². The molecule has 0 aromatic rings. The summed E-state index contributed by atoms with van der Waals surface area (Å²) in [6.45, 7) is 2.27. The Hall–Kier alpha value is -0.520. The molecule has 2 aliphatic carbocycles. The monoisotopic (exact) mass is 162 g/mol. The van der Waals surface area contributed by atoms with Crippen molar-refractivity contribution in [3.05, 3.63) is 23.3 Å². The lowest BCUT2D eigenvalue weighted by molar-refractivity contribution is 0.613. The molecule has 1 unspecified atom stereocenters. The summed E-state index contributed by atoms with van der Waals surface area (Å²) in [6.07, 6.45) is 13.2. The Morgan fingerprint density at radius 2 is 2.17 bits per heavy atom. The van der Waals surface area contributed by atoms with Crippen LogP contribution < -0.4 is 0 Å². The maximum Gasteiger partial charge on any atom is -0.00177 e. The summed E-state index contributed by atoms with van der Waals surface area (Å²) in [6, 6.07) is 0. The van der Waals surface area contributed by atoms with E-state index < -0.39 is 0 Å². The number of rotatable bonds is 1. The van der Waals surface area contributed by atoms with Gasteiger partial charge in [0.25, 0.3) is 0 Å². The second-order valence-electron chi connectivity index (χ2n) is 4.18. The molecule has 0 radical (unpaired) electrons. The molecule has 66 valence electrons. The van der Waals surface area contributed by atoms with Crippen molar-refractivity contribution >= 4 is 0 Å². The molecule has 0 nitrogen and oxygen atoms in total. The Morgan fingerprint density at radius 3 is 2.75 bits per heavy atom. The Morgan fingerprint density at radius 1 is 1.25 bits per heavy atom. The van der Waals surface area contributed by atoms with Gasteiger partial charge < -0.3 is 0 Å². The fourth-order valence-corrected chi connectivity index (χ4v) is 2.39. The maximum absolute atomic E-state index is 2.49. The highest BCUT2D eigenvalue weighted by atomic mass is 14.2. The van der Waals surface area contributed by atoms with Crippen LogP contribution in [0, 0.1) is 5.92 Å². The van der Waals surface area contributed by atoms with E-state index in [-0.39, 0.29) is 0 Å². The molecular weight excluding hydrogens is 144 g/mol. The van der Waals surface area contributed by atoms with Crippen LogP contribution in [-0.2, 0) is 0 Å². The fraction of sp³-hybridized carbons (Fsp3) is 0.667. The summed E-state index contributed by atoms with van der Waals surface area (Å²) in [7, 11) is 0. The molecule has 0 heteroatoms. The van der Waals surface area contributed by atoms with E-state index in [4.69, 9.17) is 0 Å². The molecule has 0 saturated carbocycles. The molecule has 0 amide bonds. The van der Waals surface area contributed by atoms with E-state index in [2.05, 4.69) is 19.1 Å². The molecule has 2 rings (SSSR count). The third-order valence-corrected chi connectivity index (χ3v) is 3.14. The van der Waals surface area contributed by atoms with Crippen molar-refractivity contribution in [1.82, 2.24) is 0 Å². The highest BCUT2D eigenvalue weighted by Gasteiger charge is 2.18. The van der Waals surface area contributed by atoms with Gasteiger partial charge in [0.05, 0.1) is 0 Å². The molecular formula is C12H18. The van der Waals surface area contributed by atoms with Gasteiger partial charge in [-0.05, 0) is 51.4 Å². The van der Waals surface area contributed by atoms with Crippen LogP contribution in [0.25, 0.3) is 0 Å². The average Bonchev–Trinajstić information content (AvgIpc) is 2.54. The standard InChI is InChI=1S/C12H18/c1-10-7-8-12(9-10)11-5-3-2-4-6-11/h5,9,12H,2-4,6-8H2,1H3. The minimum atomic E-state index is 0.824. The number of hydrogen-bond acceptors (Lipinski definition) is 0. The molecule has 0 saturated heterocycles. The van der Waals surface area contributed by atoms with Gasteiger partial charge >= 0.3 is 0 Å². The number of hydrogen-bond donors (Lipinski definition) is 0. The predicted octanol–water partition coefficient (Wildman–Crippen LogP) is 3.84. The van der Waals surface area contributed by atoms with Crippen LogP contribution in [0.1, 0.15) is 45.4 Å². The summed E-state index contributed by atoms with van der Waals surface area (Å²) < 4.78 is 0. The van der Waals surface area contributed by atoms with Crippen molar-refractivity contribution in [1.29, 1.82) is 0 Å². The van der Waals surface area contributed by atoms with E-state index in [1.165, 1.54) is 38.5 Å². The molecule has 0 fully saturated rings. The van der Waals surface area contributed by atoms with Gasteiger partial charge in [0, 0.05) is 0 Å². The first-order valence-electron chi connectivity index (χ1n) is 5.22. The quantitative estimate of drug-likeness (QED) is 0.514. The molecule has 0 bridgehead atoms. The molecule has 0 heterocycles. The van der Waals surface area contributed by atoms with Crippen LogP contribution >= 0.6 is 0 Å². The van der Waals surface area contributed by atoms with Gasteiger partial charge in [-0.15, -0.1) is 0 Å². The summed E-state index contributed by atoms with van der Waals surface area (Å²) in [5.41, 5.74) is 3.34. The van der Waals surface area contributed by atoms with Gasteiger partial charge in [0.1, 0.15) is 0 Å². The van der Waals surface area contributed by atoms with Crippen LogP contribution in [0.5, 0.6) is 0 Å². The molecule has 0 spiro atoms. The predicted molar refractivity (Wildman–Crippen MR) is 53.0 cm³/mol. The van der Waals surface area contributed by atoms with E-state index in [9.17, 15) is 0 Å². The lowest BCUT2D eigenvalue weighted by Gasteiger charge is -2.17. The fourth-order valence-electron chi connectivity index (χ4n) is 2.39. The molecule has 0 aliphatic heterocycles. The van der Waals surface area contributed by atoms with Crippen LogP contribution in [-0.4, -0.2) is 0 Å². The molecule has 0 aromatic carbocycles. The van der Waals surface area contributed by atoms with Gasteiger partial charge in [-0.25, -0.2) is 0 Å². The Balaban J connectivity index is 2.04. The van der Waals surface area contributed by atoms with E-state index in [0.717, 1.165) is 5.92 Å². The van der Waals surface area contributed by atoms with Crippen molar-refractivity contribution in [3.8, 4) is 0 Å². The Bertz CT molecular complexity index is 220. The summed E-state index contributed by atoms with van der Waals surface area (Å²) in [5.74, 6) is 0.824. The zero-order chi connectivity index (χ0) is 8.39. The average molecular weight is 162 g/mol. The second-order valence-corrected chi connectivity index (χ2v) is 4.18. The maximum atomic E-state index is 2.49. The summed E-state index contributed by atoms with van der Waals surface area (Å²) >= 11 is 0. The first kappa shape index (κ1) is 8.10. The van der Waals surface area contributed by atoms with Crippen molar-refractivity contribution in [2.45, 2.75) is 45.4 Å². The largest absolute Gasteiger partial charge is 0.0847 e. The van der Waals surface area contributed by atoms with Gasteiger partial charge in [-0.2, -0.15) is 0 Å². The lowest BCUT2D eigenvalue weighted by Crippen LogP contribution is -2.01. The van der Waals surface area contributed by atoms with Crippen molar-refractivity contribution in [2.24, 2.45) is 5.92 Å². The third-order valence-electron chi connectivity index (χ3n) is 3.14. The Labute approximate surface area is 75.4 Å². The van der Waals surface area contributed by atoms with Gasteiger partial charge in [-0.3, -0.25) is 0 Å². The van der Waals surface area contributed by atoms with Gasteiger partial charge in [0.15, 0.2) is 0 Å². The van der Waals surface area contributed by atoms with Gasteiger partial charge in [0.2, 0.25) is 0 Å². The zero-order valence-corrected chi connectivity index (χ0v) is 7.97. The summed E-state index contributed by atoms with van der Waals surface area (Å²) in [4.78, 5) is 0. The molecule has 12 heavy (non-hydrogen) atoms. The van der Waals surface area contributed by atoms with Crippen molar-refractivity contribution < 1.29 is 0 Å². The number of allylic oxidation sites excluding steroid dienone is 4. The molecule has 1 atom stereocenters. The smallest absolute Gasteiger partial charge is 0.00177 e. The second kappa shape index (κ2) is 3.47. The van der Waals surface area contributed by atoms with Crippen LogP contribution in [0.3, 0.4) is 0 Å². The normalized spacial score (nSPS) is 29.9. The topological polar surface area (TPSA) is 0 Å². The van der Waals surface area contributed by atoms with Crippen molar-refractivity contribution in [2.75, 3.05) is 0 Å². The van der Waals surface area contributed by atoms with E-state index in [1.54, 1.807) is 11.1 Å².